The molecule has 1 amide bonds. The van der Waals surface area contributed by atoms with Crippen LogP contribution < -0.4 is 5.32 Å². The lowest BCUT2D eigenvalue weighted by Crippen LogP contribution is -2.46. The number of nitrogens with one attached hydrogen (secondary N) is 1. The van der Waals surface area contributed by atoms with Gasteiger partial charge in [-0.2, -0.15) is 0 Å². The number of carbonyl (C=O) groups excluding carboxylic acids is 2. The van der Waals surface area contributed by atoms with Crippen LogP contribution in [-0.2, 0) is 14.3 Å². The van der Waals surface area contributed by atoms with E-state index in [1.165, 1.54) is 64.2 Å². The molecule has 0 bridgehead atoms. The van der Waals surface area contributed by atoms with Gasteiger partial charge in [0.2, 0.25) is 5.91 Å². The molecule has 0 radical (unpaired) electrons. The minimum absolute atomic E-state index is 0.00180. The molecular weight excluding hydrogens is 803 g/mol. The first-order valence-corrected chi connectivity index (χ1v) is 26.3. The van der Waals surface area contributed by atoms with Crippen molar-refractivity contribution in [3.63, 3.8) is 0 Å². The molecule has 0 heterocycles. The third kappa shape index (κ3) is 46.6. The molecule has 0 spiro atoms. The van der Waals surface area contributed by atoms with E-state index in [-0.39, 0.29) is 31.3 Å². The largest absolute Gasteiger partial charge is 0.462 e. The molecule has 0 aromatic rings. The van der Waals surface area contributed by atoms with Crippen molar-refractivity contribution in [1.82, 2.24) is 5.32 Å². The van der Waals surface area contributed by atoms with Crippen LogP contribution in [0.3, 0.4) is 0 Å². The van der Waals surface area contributed by atoms with Crippen LogP contribution in [-0.4, -0.2) is 46.9 Å². The summed E-state index contributed by atoms with van der Waals surface area (Å²) in [4.78, 5) is 26.1. The fourth-order valence-electron chi connectivity index (χ4n) is 7.16. The predicted octanol–water partition coefficient (Wildman–Crippen LogP) is 16.1. The van der Waals surface area contributed by atoms with Crippen molar-refractivity contribution in [2.24, 2.45) is 0 Å². The Kier molecular flexibility index (Phi) is 48.3. The Bertz CT molecular complexity index is 1380. The van der Waals surface area contributed by atoms with Gasteiger partial charge in [-0.1, -0.05) is 226 Å². The molecule has 6 nitrogen and oxygen atoms in total. The van der Waals surface area contributed by atoms with Gasteiger partial charge < -0.3 is 20.3 Å². The molecule has 3 unspecified atom stereocenters. The molecule has 0 saturated carbocycles. The maximum Gasteiger partial charge on any atom is 0.306 e. The lowest BCUT2D eigenvalue weighted by molar-refractivity contribution is -0.150. The van der Waals surface area contributed by atoms with E-state index >= 15 is 0 Å². The third-order valence-electron chi connectivity index (χ3n) is 11.0. The van der Waals surface area contributed by atoms with Gasteiger partial charge in [-0.05, 0) is 96.3 Å². The van der Waals surface area contributed by atoms with Crippen molar-refractivity contribution in [1.29, 1.82) is 0 Å². The number of aliphatic hydroxyl groups is 2. The Labute approximate surface area is 400 Å². The summed E-state index contributed by atoms with van der Waals surface area (Å²) in [5.74, 6) is -0.640. The van der Waals surface area contributed by atoms with Crippen LogP contribution in [0.25, 0.3) is 0 Å². The van der Waals surface area contributed by atoms with Crippen LogP contribution >= 0.6 is 0 Å². The molecule has 0 rings (SSSR count). The first kappa shape index (κ1) is 61.3. The number of allylic oxidation sites excluding steroid dienone is 20. The van der Waals surface area contributed by atoms with E-state index in [9.17, 15) is 19.8 Å². The summed E-state index contributed by atoms with van der Waals surface area (Å²) in [7, 11) is 0. The standard InChI is InChI=1S/C59H97NO5/c1-4-7-10-13-16-19-22-25-27-28-29-30-31-34-37-40-43-46-49-52-59(64)65-55(50-47-44-41-38-35-33-26-23-20-17-14-11-8-5-2)53-58(63)60-56(54-61)57(62)51-48-45-42-39-36-32-24-21-18-15-12-9-6-3/h7-8,10-11,16-17,19-20,25-27,29-30,33-34,37-38,41,43,46,55-57,61-62H,4-6,9,12-15,18,21-24,28,31-32,35-36,39-40,42,44-45,47-54H2,1-3H3,(H,60,63)/b10-7-,11-8+,19-16-,20-17+,27-25-,30-29-,33-26+,37-34-,41-38+,46-43-. The van der Waals surface area contributed by atoms with Gasteiger partial charge >= 0.3 is 5.97 Å². The van der Waals surface area contributed by atoms with Gasteiger partial charge in [-0.25, -0.2) is 0 Å². The molecule has 0 aromatic carbocycles. The van der Waals surface area contributed by atoms with Crippen molar-refractivity contribution in [3.8, 4) is 0 Å². The number of amides is 1. The molecule has 6 heteroatoms. The molecule has 3 atom stereocenters. The van der Waals surface area contributed by atoms with E-state index in [2.05, 4.69) is 142 Å². The fraction of sp³-hybridized carbons (Fsp3) is 0.627. The van der Waals surface area contributed by atoms with Crippen molar-refractivity contribution in [2.75, 3.05) is 6.61 Å². The first-order valence-electron chi connectivity index (χ1n) is 26.3. The molecule has 0 saturated heterocycles. The summed E-state index contributed by atoms with van der Waals surface area (Å²) >= 11 is 0. The second kappa shape index (κ2) is 51.2. The highest BCUT2D eigenvalue weighted by Crippen LogP contribution is 2.16. The number of aliphatic hydroxyl groups excluding tert-OH is 2. The zero-order chi connectivity index (χ0) is 47.4. The van der Waals surface area contributed by atoms with E-state index in [1.807, 2.05) is 6.08 Å². The van der Waals surface area contributed by atoms with Gasteiger partial charge in [0.1, 0.15) is 6.10 Å². The molecule has 65 heavy (non-hydrogen) atoms. The van der Waals surface area contributed by atoms with Crippen molar-refractivity contribution in [3.05, 3.63) is 122 Å². The second-order valence-electron chi connectivity index (χ2n) is 17.2. The number of rotatable bonds is 45. The smallest absolute Gasteiger partial charge is 0.306 e. The van der Waals surface area contributed by atoms with E-state index in [0.29, 0.717) is 19.3 Å². The van der Waals surface area contributed by atoms with Crippen molar-refractivity contribution >= 4 is 11.9 Å². The monoisotopic (exact) mass is 900 g/mol. The quantitative estimate of drug-likeness (QED) is 0.0321. The Morgan fingerprint density at radius 1 is 0.462 bits per heavy atom. The Hall–Kier alpha value is -3.74. The molecular formula is C59H97NO5. The van der Waals surface area contributed by atoms with Crippen LogP contribution in [0.2, 0.25) is 0 Å². The predicted molar refractivity (Wildman–Crippen MR) is 282 cm³/mol. The van der Waals surface area contributed by atoms with Gasteiger partial charge in [0.05, 0.1) is 25.2 Å². The zero-order valence-electron chi connectivity index (χ0n) is 41.8. The highest BCUT2D eigenvalue weighted by Gasteiger charge is 2.23. The topological polar surface area (TPSA) is 95.9 Å². The summed E-state index contributed by atoms with van der Waals surface area (Å²) in [6.45, 7) is 6.21. The van der Waals surface area contributed by atoms with Crippen molar-refractivity contribution < 1.29 is 24.5 Å². The summed E-state index contributed by atoms with van der Waals surface area (Å²) in [6.07, 6.45) is 71.3. The number of unbranched alkanes of at least 4 members (excludes halogenated alkanes) is 13. The summed E-state index contributed by atoms with van der Waals surface area (Å²) < 4.78 is 5.86. The number of esters is 1. The Morgan fingerprint density at radius 3 is 1.23 bits per heavy atom. The molecule has 0 aliphatic rings. The minimum Gasteiger partial charge on any atom is -0.462 e. The van der Waals surface area contributed by atoms with Gasteiger partial charge in [-0.3, -0.25) is 9.59 Å². The van der Waals surface area contributed by atoms with Gasteiger partial charge in [0.15, 0.2) is 0 Å². The fourth-order valence-corrected chi connectivity index (χ4v) is 7.16. The average molecular weight is 900 g/mol. The van der Waals surface area contributed by atoms with Crippen LogP contribution in [0.15, 0.2) is 122 Å². The maximum absolute atomic E-state index is 13.2. The summed E-state index contributed by atoms with van der Waals surface area (Å²) in [6, 6.07) is -0.742. The second-order valence-corrected chi connectivity index (χ2v) is 17.2. The lowest BCUT2D eigenvalue weighted by atomic mass is 10.0. The lowest BCUT2D eigenvalue weighted by Gasteiger charge is -2.24. The van der Waals surface area contributed by atoms with Gasteiger partial charge in [0, 0.05) is 6.42 Å². The number of ether oxygens (including phenoxy) is 1. The summed E-state index contributed by atoms with van der Waals surface area (Å²) in [5.41, 5.74) is 0. The molecule has 0 aliphatic carbocycles. The van der Waals surface area contributed by atoms with E-state index in [1.54, 1.807) is 0 Å². The normalized spacial score (nSPS) is 14.2. The SMILES string of the molecule is CC/C=C\C/C=C\C/C=C\C/C=C\C/C=C\C/C=C\CCC(=O)OC(CCC/C=C/C/C=C/C/C=C/C/C=C/CC)CC(=O)NC(CO)C(O)CCCCCCCCCCCCCCC. The first-order chi connectivity index (χ1) is 32.0. The van der Waals surface area contributed by atoms with E-state index < -0.39 is 18.2 Å². The number of hydrogen-bond acceptors (Lipinski definition) is 5. The highest BCUT2D eigenvalue weighted by molar-refractivity contribution is 5.77. The van der Waals surface area contributed by atoms with Crippen LogP contribution in [0.4, 0.5) is 0 Å². The molecule has 0 fully saturated rings. The van der Waals surface area contributed by atoms with Gasteiger partial charge in [0.25, 0.3) is 0 Å². The third-order valence-corrected chi connectivity index (χ3v) is 11.0. The number of hydrogen-bond donors (Lipinski definition) is 3. The van der Waals surface area contributed by atoms with Crippen molar-refractivity contribution in [2.45, 2.75) is 232 Å². The maximum atomic E-state index is 13.2. The molecule has 368 valence electrons. The molecule has 3 N–H and O–H groups in total. The minimum atomic E-state index is -0.822. The zero-order valence-corrected chi connectivity index (χ0v) is 41.8. The average Bonchev–Trinajstić information content (AvgIpc) is 3.30. The molecule has 0 aromatic heterocycles. The Balaban J connectivity index is 4.79. The summed E-state index contributed by atoms with van der Waals surface area (Å²) in [5, 5.41) is 23.7. The number of carbonyl (C=O) groups is 2. The van der Waals surface area contributed by atoms with E-state index in [0.717, 1.165) is 96.3 Å². The van der Waals surface area contributed by atoms with Crippen LogP contribution in [0.5, 0.6) is 0 Å². The highest BCUT2D eigenvalue weighted by atomic mass is 16.5. The van der Waals surface area contributed by atoms with E-state index in [4.69, 9.17) is 4.74 Å². The molecule has 0 aliphatic heterocycles. The Morgan fingerprint density at radius 2 is 0.831 bits per heavy atom. The van der Waals surface area contributed by atoms with Crippen LogP contribution in [0.1, 0.15) is 213 Å². The van der Waals surface area contributed by atoms with Crippen LogP contribution in [0, 0.1) is 0 Å². The van der Waals surface area contributed by atoms with Gasteiger partial charge in [-0.15, -0.1) is 0 Å².